The normalized spacial score (nSPS) is 17.6. The quantitative estimate of drug-likeness (QED) is 0.686. The van der Waals surface area contributed by atoms with Crippen LogP contribution in [0.2, 0.25) is 0 Å². The van der Waals surface area contributed by atoms with E-state index in [0.717, 1.165) is 30.9 Å². The molecule has 1 aromatic rings. The zero-order valence-corrected chi connectivity index (χ0v) is 9.26. The predicted molar refractivity (Wildman–Crippen MR) is 64.8 cm³/mol. The van der Waals surface area contributed by atoms with Crippen molar-refractivity contribution in [1.82, 2.24) is 4.90 Å². The summed E-state index contributed by atoms with van der Waals surface area (Å²) in [6.45, 7) is 2.13. The fourth-order valence-corrected chi connectivity index (χ4v) is 2.20. The Labute approximate surface area is 95.4 Å². The van der Waals surface area contributed by atoms with E-state index < -0.39 is 0 Å². The monoisotopic (exact) mass is 223 g/mol. The molecule has 0 atom stereocenters. The van der Waals surface area contributed by atoms with Crippen molar-refractivity contribution in [3.63, 3.8) is 0 Å². The zero-order valence-electron chi connectivity index (χ0n) is 8.44. The van der Waals surface area contributed by atoms with Gasteiger partial charge in [-0.05, 0) is 30.2 Å². The first-order chi connectivity index (χ1) is 6.83. The van der Waals surface area contributed by atoms with E-state index in [1.54, 1.807) is 0 Å². The molecule has 1 saturated heterocycles. The number of fused-ring (bicyclic) bond motifs is 2. The second-order valence-corrected chi connectivity index (χ2v) is 3.94. The summed E-state index contributed by atoms with van der Waals surface area (Å²) in [5.74, 6) is 1.25. The number of amidine groups is 1. The number of benzene rings is 1. The smallest absolute Gasteiger partial charge is 0.105 e. The van der Waals surface area contributed by atoms with Crippen molar-refractivity contribution >= 4 is 29.6 Å². The van der Waals surface area contributed by atoms with Gasteiger partial charge in [-0.25, -0.2) is 4.99 Å². The molecule has 15 heavy (non-hydrogen) atoms. The van der Waals surface area contributed by atoms with Crippen molar-refractivity contribution in [2.75, 3.05) is 12.3 Å². The van der Waals surface area contributed by atoms with Gasteiger partial charge in [0.2, 0.25) is 0 Å². The molecule has 0 saturated carbocycles. The van der Waals surface area contributed by atoms with Crippen LogP contribution in [0.3, 0.4) is 0 Å². The van der Waals surface area contributed by atoms with Gasteiger partial charge in [0.25, 0.3) is 0 Å². The van der Waals surface area contributed by atoms with E-state index in [4.69, 9.17) is 5.73 Å². The minimum Gasteiger partial charge on any atom is -0.399 e. The Bertz CT molecular complexity index is 414. The van der Waals surface area contributed by atoms with E-state index in [1.165, 1.54) is 17.8 Å². The number of nitrogen functional groups attached to an aromatic ring is 1. The van der Waals surface area contributed by atoms with Gasteiger partial charge in [0.05, 0.1) is 5.69 Å². The van der Waals surface area contributed by atoms with Crippen molar-refractivity contribution in [1.29, 1.82) is 0 Å². The molecule has 0 aromatic heterocycles. The summed E-state index contributed by atoms with van der Waals surface area (Å²) in [6.07, 6.45) is 2.37. The van der Waals surface area contributed by atoms with Crippen LogP contribution in [0.1, 0.15) is 18.4 Å². The molecule has 1 fully saturated rings. The summed E-state index contributed by atoms with van der Waals surface area (Å²) in [5, 5.41) is 0. The minimum atomic E-state index is 0. The Morgan fingerprint density at radius 1 is 1.33 bits per heavy atom. The maximum Gasteiger partial charge on any atom is 0.105 e. The van der Waals surface area contributed by atoms with Crippen LogP contribution in [0.5, 0.6) is 0 Å². The molecule has 80 valence electrons. The second-order valence-electron chi connectivity index (χ2n) is 3.94. The summed E-state index contributed by atoms with van der Waals surface area (Å²) < 4.78 is 0. The lowest BCUT2D eigenvalue weighted by atomic mass is 10.1. The molecule has 3 nitrogen and oxygen atoms in total. The first-order valence-electron chi connectivity index (χ1n) is 5.04. The largest absolute Gasteiger partial charge is 0.399 e. The van der Waals surface area contributed by atoms with Gasteiger partial charge in [0, 0.05) is 25.2 Å². The third-order valence-corrected chi connectivity index (χ3v) is 2.91. The molecule has 4 heteroatoms. The molecule has 0 spiro atoms. The Morgan fingerprint density at radius 3 is 3.07 bits per heavy atom. The van der Waals surface area contributed by atoms with E-state index in [1.807, 2.05) is 18.2 Å². The van der Waals surface area contributed by atoms with Gasteiger partial charge in [0.1, 0.15) is 5.84 Å². The first kappa shape index (κ1) is 10.3. The van der Waals surface area contributed by atoms with E-state index >= 15 is 0 Å². The summed E-state index contributed by atoms with van der Waals surface area (Å²) in [5.41, 5.74) is 8.95. The molecule has 0 unspecified atom stereocenters. The number of hydrogen-bond donors (Lipinski definition) is 1. The van der Waals surface area contributed by atoms with Crippen LogP contribution in [0.25, 0.3) is 0 Å². The Hall–Kier alpha value is -1.22. The highest BCUT2D eigenvalue weighted by Crippen LogP contribution is 2.31. The molecule has 1 aromatic carbocycles. The maximum atomic E-state index is 5.75. The Kier molecular flexibility index (Phi) is 2.57. The SMILES string of the molecule is Cl.Nc1ccc2c(c1)CN1CCCC1=N2. The molecule has 0 aliphatic carbocycles. The molecule has 0 radical (unpaired) electrons. The minimum absolute atomic E-state index is 0. The van der Waals surface area contributed by atoms with Crippen molar-refractivity contribution < 1.29 is 0 Å². The molecule has 2 aliphatic rings. The van der Waals surface area contributed by atoms with Gasteiger partial charge >= 0.3 is 0 Å². The van der Waals surface area contributed by atoms with E-state index in [0.29, 0.717) is 0 Å². The topological polar surface area (TPSA) is 41.6 Å². The summed E-state index contributed by atoms with van der Waals surface area (Å²) in [6, 6.07) is 5.98. The number of nitrogens with two attached hydrogens (primary N) is 1. The third-order valence-electron chi connectivity index (χ3n) is 2.91. The van der Waals surface area contributed by atoms with Gasteiger partial charge in [-0.15, -0.1) is 12.4 Å². The van der Waals surface area contributed by atoms with Crippen molar-refractivity contribution in [2.24, 2.45) is 4.99 Å². The summed E-state index contributed by atoms with van der Waals surface area (Å²) in [7, 11) is 0. The fourth-order valence-electron chi connectivity index (χ4n) is 2.20. The molecular formula is C11H14ClN3. The second kappa shape index (κ2) is 3.74. The number of halogens is 1. The van der Waals surface area contributed by atoms with Gasteiger partial charge < -0.3 is 10.6 Å². The number of rotatable bonds is 0. The van der Waals surface area contributed by atoms with Crippen LogP contribution < -0.4 is 5.73 Å². The van der Waals surface area contributed by atoms with Gasteiger partial charge in [0.15, 0.2) is 0 Å². The molecular weight excluding hydrogens is 210 g/mol. The van der Waals surface area contributed by atoms with Crippen molar-refractivity contribution in [3.8, 4) is 0 Å². The van der Waals surface area contributed by atoms with Gasteiger partial charge in [-0.1, -0.05) is 0 Å². The van der Waals surface area contributed by atoms with Crippen LogP contribution in [0.15, 0.2) is 23.2 Å². The molecule has 0 amide bonds. The summed E-state index contributed by atoms with van der Waals surface area (Å²) in [4.78, 5) is 6.98. The van der Waals surface area contributed by atoms with Crippen LogP contribution >= 0.6 is 12.4 Å². The highest BCUT2D eigenvalue weighted by atomic mass is 35.5. The fraction of sp³-hybridized carbons (Fsp3) is 0.364. The summed E-state index contributed by atoms with van der Waals surface area (Å²) >= 11 is 0. The van der Waals surface area contributed by atoms with E-state index in [2.05, 4.69) is 9.89 Å². The van der Waals surface area contributed by atoms with Gasteiger partial charge in [-0.2, -0.15) is 0 Å². The zero-order chi connectivity index (χ0) is 9.54. The van der Waals surface area contributed by atoms with Gasteiger partial charge in [-0.3, -0.25) is 0 Å². The standard InChI is InChI=1S/C11H13N3.ClH/c12-9-3-4-10-8(6-9)7-14-5-1-2-11(14)13-10;/h3-4,6H,1-2,5,7,12H2;1H. The maximum absolute atomic E-state index is 5.75. The molecule has 2 heterocycles. The van der Waals surface area contributed by atoms with Crippen molar-refractivity contribution in [3.05, 3.63) is 23.8 Å². The highest BCUT2D eigenvalue weighted by molar-refractivity contribution is 5.88. The van der Waals surface area contributed by atoms with Crippen molar-refractivity contribution in [2.45, 2.75) is 19.4 Å². The van der Waals surface area contributed by atoms with Crippen LogP contribution in [-0.4, -0.2) is 17.3 Å². The lowest BCUT2D eigenvalue weighted by Gasteiger charge is -2.24. The average molecular weight is 224 g/mol. The Balaban J connectivity index is 0.000000853. The highest BCUT2D eigenvalue weighted by Gasteiger charge is 2.23. The predicted octanol–water partition coefficient (Wildman–Crippen LogP) is 2.33. The van der Waals surface area contributed by atoms with Crippen LogP contribution in [0.4, 0.5) is 11.4 Å². The van der Waals surface area contributed by atoms with Crippen LogP contribution in [0, 0.1) is 0 Å². The first-order valence-corrected chi connectivity index (χ1v) is 5.04. The average Bonchev–Trinajstić information content (AvgIpc) is 2.61. The van der Waals surface area contributed by atoms with E-state index in [-0.39, 0.29) is 12.4 Å². The number of nitrogens with zero attached hydrogens (tertiary/aromatic N) is 2. The number of aliphatic imine (C=N–C) groups is 1. The lowest BCUT2D eigenvalue weighted by Crippen LogP contribution is -2.26. The molecule has 2 aliphatic heterocycles. The van der Waals surface area contributed by atoms with E-state index in [9.17, 15) is 0 Å². The van der Waals surface area contributed by atoms with Crippen LogP contribution in [-0.2, 0) is 6.54 Å². The number of anilines is 1. The Morgan fingerprint density at radius 2 is 2.20 bits per heavy atom. The third kappa shape index (κ3) is 1.67. The number of hydrogen-bond acceptors (Lipinski definition) is 3. The molecule has 3 rings (SSSR count). The lowest BCUT2D eigenvalue weighted by molar-refractivity contribution is 0.443. The molecule has 2 N–H and O–H groups in total. The molecule has 0 bridgehead atoms.